The molecule has 1 N–H and O–H groups in total. The average molecular weight is 377 g/mol. The highest BCUT2D eigenvalue weighted by Gasteiger charge is 2.22. The van der Waals surface area contributed by atoms with E-state index < -0.39 is 0 Å². The molecule has 0 aliphatic rings. The number of nitrogens with zero attached hydrogens (tertiary/aromatic N) is 4. The minimum absolute atomic E-state index is 0.117. The summed E-state index contributed by atoms with van der Waals surface area (Å²) in [6.45, 7) is 4.54. The number of nitrogens with one attached hydrogen (secondary N) is 1. The molecule has 0 aromatic carbocycles. The fraction of sp³-hybridized carbons (Fsp3) is 0.375. The quantitative estimate of drug-likeness (QED) is 0.606. The highest BCUT2D eigenvalue weighted by atomic mass is 32.2. The Hall–Kier alpha value is -2.13. The summed E-state index contributed by atoms with van der Waals surface area (Å²) in [5, 5.41) is 17.3. The molecule has 0 bridgehead atoms. The van der Waals surface area contributed by atoms with Crippen LogP contribution in [0, 0.1) is 6.92 Å². The first-order valence-corrected chi connectivity index (χ1v) is 9.72. The molecule has 0 saturated carbocycles. The van der Waals surface area contributed by atoms with Crippen molar-refractivity contribution in [1.82, 2.24) is 19.9 Å². The molecule has 0 radical (unpaired) electrons. The van der Waals surface area contributed by atoms with E-state index in [-0.39, 0.29) is 11.2 Å². The number of rotatable bonds is 8. The van der Waals surface area contributed by atoms with Crippen LogP contribution >= 0.6 is 23.1 Å². The fourth-order valence-corrected chi connectivity index (χ4v) is 3.91. The van der Waals surface area contributed by atoms with Crippen molar-refractivity contribution < 1.29 is 9.32 Å². The van der Waals surface area contributed by atoms with E-state index >= 15 is 0 Å². The number of thioether (sulfide) groups is 1. The maximum atomic E-state index is 12.5. The number of carbonyl (C=O) groups excluding carboxylic acids is 1. The molecule has 1 atom stereocenters. The molecule has 0 aliphatic heterocycles. The molecule has 3 heterocycles. The van der Waals surface area contributed by atoms with Gasteiger partial charge in [-0.1, -0.05) is 29.9 Å². The number of thiophene rings is 1. The van der Waals surface area contributed by atoms with Crippen LogP contribution < -0.4 is 5.32 Å². The topological polar surface area (TPSA) is 85.8 Å². The second-order valence-corrected chi connectivity index (χ2v) is 7.67. The SMILES string of the molecule is CCC(Sc1nncn1CCc1cccs1)C(=O)Nc1cc(C)on1. The lowest BCUT2D eigenvalue weighted by molar-refractivity contribution is -0.115. The first-order valence-electron chi connectivity index (χ1n) is 7.96. The lowest BCUT2D eigenvalue weighted by Crippen LogP contribution is -2.25. The monoisotopic (exact) mass is 377 g/mol. The van der Waals surface area contributed by atoms with E-state index in [1.54, 1.807) is 30.7 Å². The molecule has 3 aromatic rings. The number of aromatic nitrogens is 4. The summed E-state index contributed by atoms with van der Waals surface area (Å²) in [4.78, 5) is 13.8. The van der Waals surface area contributed by atoms with Gasteiger partial charge in [0, 0.05) is 17.5 Å². The summed E-state index contributed by atoms with van der Waals surface area (Å²) >= 11 is 3.15. The zero-order valence-electron chi connectivity index (χ0n) is 14.0. The van der Waals surface area contributed by atoms with Gasteiger partial charge in [-0.3, -0.25) is 4.79 Å². The van der Waals surface area contributed by atoms with Crippen LogP contribution in [0.5, 0.6) is 0 Å². The summed E-state index contributed by atoms with van der Waals surface area (Å²) in [7, 11) is 0. The Morgan fingerprint density at radius 1 is 1.52 bits per heavy atom. The summed E-state index contributed by atoms with van der Waals surface area (Å²) < 4.78 is 6.96. The Morgan fingerprint density at radius 3 is 3.08 bits per heavy atom. The third kappa shape index (κ3) is 4.70. The Balaban J connectivity index is 1.61. The van der Waals surface area contributed by atoms with E-state index in [2.05, 4.69) is 32.1 Å². The summed E-state index contributed by atoms with van der Waals surface area (Å²) in [5.41, 5.74) is 0. The smallest absolute Gasteiger partial charge is 0.239 e. The number of hydrogen-bond acceptors (Lipinski definition) is 7. The first kappa shape index (κ1) is 17.7. The summed E-state index contributed by atoms with van der Waals surface area (Å²) in [6, 6.07) is 5.85. The second kappa shape index (κ2) is 8.30. The van der Waals surface area contributed by atoms with Crippen LogP contribution in [0.4, 0.5) is 5.82 Å². The van der Waals surface area contributed by atoms with E-state index in [1.165, 1.54) is 16.6 Å². The minimum Gasteiger partial charge on any atom is -0.360 e. The molecule has 1 amide bonds. The van der Waals surface area contributed by atoms with Gasteiger partial charge in [0.15, 0.2) is 11.0 Å². The van der Waals surface area contributed by atoms with Crippen molar-refractivity contribution in [1.29, 1.82) is 0 Å². The summed E-state index contributed by atoms with van der Waals surface area (Å²) in [6.07, 6.45) is 3.30. The third-order valence-electron chi connectivity index (χ3n) is 3.55. The van der Waals surface area contributed by atoms with Gasteiger partial charge in [0.1, 0.15) is 12.1 Å². The van der Waals surface area contributed by atoms with Gasteiger partial charge in [0.2, 0.25) is 5.91 Å². The van der Waals surface area contributed by atoms with Crippen molar-refractivity contribution in [2.24, 2.45) is 0 Å². The zero-order chi connectivity index (χ0) is 17.6. The normalized spacial score (nSPS) is 12.2. The van der Waals surface area contributed by atoms with Gasteiger partial charge in [-0.15, -0.1) is 21.5 Å². The Bertz CT molecular complexity index is 812. The maximum Gasteiger partial charge on any atom is 0.239 e. The fourth-order valence-electron chi connectivity index (χ4n) is 2.26. The number of hydrogen-bond donors (Lipinski definition) is 1. The molecule has 0 aliphatic carbocycles. The van der Waals surface area contributed by atoms with Gasteiger partial charge < -0.3 is 14.4 Å². The van der Waals surface area contributed by atoms with Crippen LogP contribution in [0.3, 0.4) is 0 Å². The van der Waals surface area contributed by atoms with Crippen molar-refractivity contribution in [3.05, 3.63) is 40.5 Å². The van der Waals surface area contributed by atoms with Crippen LogP contribution in [0.2, 0.25) is 0 Å². The zero-order valence-corrected chi connectivity index (χ0v) is 15.6. The molecule has 3 aromatic heterocycles. The third-order valence-corrected chi connectivity index (χ3v) is 5.84. The van der Waals surface area contributed by atoms with E-state index in [0.717, 1.165) is 18.1 Å². The number of carbonyl (C=O) groups is 1. The average Bonchev–Trinajstić information content (AvgIpc) is 3.33. The standard InChI is InChI=1S/C16H19N5O2S2/c1-3-13(15(22)18-14-9-11(2)23-20-14)25-16-19-17-10-21(16)7-6-12-5-4-8-24-12/h4-5,8-10,13H,3,6-7H2,1-2H3,(H,18,20,22). The number of amides is 1. The molecule has 1 unspecified atom stereocenters. The first-order chi connectivity index (χ1) is 12.2. The summed E-state index contributed by atoms with van der Waals surface area (Å²) in [5.74, 6) is 0.971. The molecule has 0 spiro atoms. The largest absolute Gasteiger partial charge is 0.360 e. The number of aryl methyl sites for hydroxylation is 3. The van der Waals surface area contributed by atoms with Crippen LogP contribution in [-0.4, -0.2) is 31.1 Å². The van der Waals surface area contributed by atoms with Crippen molar-refractivity contribution in [2.75, 3.05) is 5.32 Å². The molecule has 0 saturated heterocycles. The van der Waals surface area contributed by atoms with Gasteiger partial charge in [-0.05, 0) is 31.2 Å². The van der Waals surface area contributed by atoms with Gasteiger partial charge in [0.05, 0.1) is 5.25 Å². The molecule has 7 nitrogen and oxygen atoms in total. The Morgan fingerprint density at radius 2 is 2.40 bits per heavy atom. The van der Waals surface area contributed by atoms with Gasteiger partial charge in [-0.25, -0.2) is 0 Å². The van der Waals surface area contributed by atoms with E-state index in [1.807, 2.05) is 17.6 Å². The molecule has 25 heavy (non-hydrogen) atoms. The molecule has 3 rings (SSSR count). The Labute approximate surface area is 153 Å². The van der Waals surface area contributed by atoms with Gasteiger partial charge in [0.25, 0.3) is 0 Å². The lowest BCUT2D eigenvalue weighted by Gasteiger charge is -2.13. The van der Waals surface area contributed by atoms with Crippen molar-refractivity contribution in [2.45, 2.75) is 43.6 Å². The molecular formula is C16H19N5O2S2. The molecule has 0 fully saturated rings. The molecule has 132 valence electrons. The lowest BCUT2D eigenvalue weighted by atomic mass is 10.3. The van der Waals surface area contributed by atoms with Crippen molar-refractivity contribution in [3.63, 3.8) is 0 Å². The molecular weight excluding hydrogens is 358 g/mol. The minimum atomic E-state index is -0.276. The van der Waals surface area contributed by atoms with Crippen LogP contribution in [0.25, 0.3) is 0 Å². The van der Waals surface area contributed by atoms with Crippen LogP contribution in [0.15, 0.2) is 39.6 Å². The predicted octanol–water partition coefficient (Wildman–Crippen LogP) is 3.39. The van der Waals surface area contributed by atoms with Gasteiger partial charge in [-0.2, -0.15) is 0 Å². The Kier molecular flexibility index (Phi) is 5.87. The molecule has 9 heteroatoms. The van der Waals surface area contributed by atoms with Crippen LogP contribution in [-0.2, 0) is 17.8 Å². The van der Waals surface area contributed by atoms with E-state index in [9.17, 15) is 4.79 Å². The van der Waals surface area contributed by atoms with Crippen molar-refractivity contribution >= 4 is 34.8 Å². The second-order valence-electron chi connectivity index (χ2n) is 5.46. The van der Waals surface area contributed by atoms with Crippen LogP contribution in [0.1, 0.15) is 24.0 Å². The van der Waals surface area contributed by atoms with E-state index in [0.29, 0.717) is 18.0 Å². The highest BCUT2D eigenvalue weighted by molar-refractivity contribution is 8.00. The predicted molar refractivity (Wildman–Crippen MR) is 97.9 cm³/mol. The van der Waals surface area contributed by atoms with Gasteiger partial charge >= 0.3 is 0 Å². The number of anilines is 1. The van der Waals surface area contributed by atoms with E-state index in [4.69, 9.17) is 4.52 Å². The van der Waals surface area contributed by atoms with Crippen molar-refractivity contribution in [3.8, 4) is 0 Å². The highest BCUT2D eigenvalue weighted by Crippen LogP contribution is 2.25. The maximum absolute atomic E-state index is 12.5.